The largest absolute Gasteiger partial charge is 0.493 e. The third-order valence-electron chi connectivity index (χ3n) is 4.38. The van der Waals surface area contributed by atoms with E-state index in [2.05, 4.69) is 5.32 Å². The van der Waals surface area contributed by atoms with Crippen molar-refractivity contribution in [3.63, 3.8) is 0 Å². The molecule has 28 heavy (non-hydrogen) atoms. The molecule has 0 radical (unpaired) electrons. The summed E-state index contributed by atoms with van der Waals surface area (Å²) in [6.07, 6.45) is 0.180. The molecule has 5 heteroatoms. The summed E-state index contributed by atoms with van der Waals surface area (Å²) >= 11 is 0. The highest BCUT2D eigenvalue weighted by Crippen LogP contribution is 2.38. The lowest BCUT2D eigenvalue weighted by Gasteiger charge is -2.15. The third kappa shape index (κ3) is 4.26. The second-order valence-corrected chi connectivity index (χ2v) is 6.17. The molecule has 0 heterocycles. The van der Waals surface area contributed by atoms with Crippen molar-refractivity contribution < 1.29 is 19.0 Å². The van der Waals surface area contributed by atoms with E-state index < -0.39 is 0 Å². The number of carbonyl (C=O) groups is 1. The van der Waals surface area contributed by atoms with Crippen LogP contribution < -0.4 is 19.5 Å². The van der Waals surface area contributed by atoms with Crippen LogP contribution in [0.5, 0.6) is 17.2 Å². The minimum atomic E-state index is -0.127. The number of benzene rings is 3. The topological polar surface area (TPSA) is 56.8 Å². The molecular formula is C23H23NO4. The van der Waals surface area contributed by atoms with E-state index in [1.54, 1.807) is 33.5 Å². The average molecular weight is 377 g/mol. The van der Waals surface area contributed by atoms with Crippen LogP contribution in [0.3, 0.4) is 0 Å². The molecule has 0 fully saturated rings. The van der Waals surface area contributed by atoms with Crippen LogP contribution in [0.25, 0.3) is 11.1 Å². The van der Waals surface area contributed by atoms with E-state index in [1.807, 2.05) is 54.6 Å². The first-order chi connectivity index (χ1) is 13.7. The predicted octanol–water partition coefficient (Wildman–Crippen LogP) is 4.56. The average Bonchev–Trinajstić information content (AvgIpc) is 2.73. The number of amides is 1. The number of rotatable bonds is 7. The third-order valence-corrected chi connectivity index (χ3v) is 4.38. The number of nitrogens with one attached hydrogen (secondary N) is 1. The Bertz CT molecular complexity index is 929. The van der Waals surface area contributed by atoms with Crippen LogP contribution in [-0.2, 0) is 11.2 Å². The van der Waals surface area contributed by atoms with Gasteiger partial charge in [0.05, 0.1) is 27.8 Å². The van der Waals surface area contributed by atoms with Crippen LogP contribution in [-0.4, -0.2) is 27.2 Å². The van der Waals surface area contributed by atoms with Crippen molar-refractivity contribution >= 4 is 11.6 Å². The summed E-state index contributed by atoms with van der Waals surface area (Å²) in [4.78, 5) is 12.7. The van der Waals surface area contributed by atoms with Crippen LogP contribution >= 0.6 is 0 Å². The monoisotopic (exact) mass is 377 g/mol. The van der Waals surface area contributed by atoms with Gasteiger partial charge in [0.1, 0.15) is 0 Å². The molecule has 0 bridgehead atoms. The summed E-state index contributed by atoms with van der Waals surface area (Å²) in [6, 6.07) is 21.3. The zero-order chi connectivity index (χ0) is 19.9. The Morgan fingerprint density at radius 2 is 1.43 bits per heavy atom. The number of anilines is 1. The fourth-order valence-electron chi connectivity index (χ4n) is 3.08. The quantitative estimate of drug-likeness (QED) is 0.656. The summed E-state index contributed by atoms with van der Waals surface area (Å²) in [6.45, 7) is 0. The van der Waals surface area contributed by atoms with Crippen LogP contribution in [0.1, 0.15) is 5.56 Å². The predicted molar refractivity (Wildman–Crippen MR) is 110 cm³/mol. The lowest BCUT2D eigenvalue weighted by molar-refractivity contribution is -0.115. The molecule has 0 aliphatic heterocycles. The first-order valence-electron chi connectivity index (χ1n) is 8.89. The first-order valence-corrected chi connectivity index (χ1v) is 8.89. The van der Waals surface area contributed by atoms with Crippen molar-refractivity contribution in [1.82, 2.24) is 0 Å². The summed E-state index contributed by atoms with van der Waals surface area (Å²) < 4.78 is 16.0. The Labute approximate surface area is 164 Å². The van der Waals surface area contributed by atoms with Gasteiger partial charge in [0, 0.05) is 11.3 Å². The smallest absolute Gasteiger partial charge is 0.228 e. The Morgan fingerprint density at radius 1 is 0.821 bits per heavy atom. The number of carbonyl (C=O) groups excluding carboxylic acids is 1. The summed E-state index contributed by atoms with van der Waals surface area (Å²) in [7, 11) is 4.65. The Hall–Kier alpha value is -3.47. The van der Waals surface area contributed by atoms with Crippen molar-refractivity contribution in [2.75, 3.05) is 26.6 Å². The van der Waals surface area contributed by atoms with Gasteiger partial charge in [-0.2, -0.15) is 0 Å². The maximum absolute atomic E-state index is 12.7. The van der Waals surface area contributed by atoms with E-state index in [1.165, 1.54) is 0 Å². The lowest BCUT2D eigenvalue weighted by Crippen LogP contribution is -2.15. The molecule has 0 atom stereocenters. The van der Waals surface area contributed by atoms with Crippen molar-refractivity contribution in [3.05, 3.63) is 72.3 Å². The second kappa shape index (κ2) is 8.95. The molecule has 0 saturated heterocycles. The van der Waals surface area contributed by atoms with Crippen LogP contribution in [0, 0.1) is 0 Å². The van der Waals surface area contributed by atoms with Crippen molar-refractivity contribution in [3.8, 4) is 28.4 Å². The maximum Gasteiger partial charge on any atom is 0.228 e. The van der Waals surface area contributed by atoms with E-state index in [0.29, 0.717) is 17.2 Å². The van der Waals surface area contributed by atoms with Crippen molar-refractivity contribution in [2.45, 2.75) is 6.42 Å². The maximum atomic E-state index is 12.7. The van der Waals surface area contributed by atoms with Gasteiger partial charge in [-0.15, -0.1) is 0 Å². The van der Waals surface area contributed by atoms with Gasteiger partial charge in [0.25, 0.3) is 0 Å². The number of hydrogen-bond acceptors (Lipinski definition) is 4. The van der Waals surface area contributed by atoms with Gasteiger partial charge in [-0.25, -0.2) is 0 Å². The Morgan fingerprint density at radius 3 is 2.04 bits per heavy atom. The molecule has 144 valence electrons. The van der Waals surface area contributed by atoms with Gasteiger partial charge in [-0.1, -0.05) is 48.5 Å². The zero-order valence-corrected chi connectivity index (χ0v) is 16.2. The Balaban J connectivity index is 1.82. The van der Waals surface area contributed by atoms with Gasteiger partial charge in [0.2, 0.25) is 11.7 Å². The second-order valence-electron chi connectivity index (χ2n) is 6.17. The van der Waals surface area contributed by atoms with E-state index >= 15 is 0 Å². The number of ether oxygens (including phenoxy) is 3. The molecule has 0 saturated carbocycles. The van der Waals surface area contributed by atoms with E-state index in [9.17, 15) is 4.79 Å². The van der Waals surface area contributed by atoms with Gasteiger partial charge >= 0.3 is 0 Å². The zero-order valence-electron chi connectivity index (χ0n) is 16.2. The molecule has 1 amide bonds. The number of hydrogen-bond donors (Lipinski definition) is 1. The fraction of sp³-hybridized carbons (Fsp3) is 0.174. The van der Waals surface area contributed by atoms with Crippen molar-refractivity contribution in [1.29, 1.82) is 0 Å². The van der Waals surface area contributed by atoms with Crippen LogP contribution in [0.15, 0.2) is 66.7 Å². The van der Waals surface area contributed by atoms with Crippen LogP contribution in [0.2, 0.25) is 0 Å². The first kappa shape index (κ1) is 19.3. The molecule has 5 nitrogen and oxygen atoms in total. The highest BCUT2D eigenvalue weighted by molar-refractivity contribution is 5.96. The number of para-hydroxylation sites is 1. The minimum absolute atomic E-state index is 0.127. The molecule has 0 aliphatic rings. The molecule has 0 spiro atoms. The van der Waals surface area contributed by atoms with Gasteiger partial charge in [0.15, 0.2) is 11.5 Å². The Kier molecular flexibility index (Phi) is 6.17. The molecule has 0 aromatic heterocycles. The normalized spacial score (nSPS) is 10.2. The fourth-order valence-corrected chi connectivity index (χ4v) is 3.08. The molecule has 0 aliphatic carbocycles. The van der Waals surface area contributed by atoms with Crippen LogP contribution in [0.4, 0.5) is 5.69 Å². The van der Waals surface area contributed by atoms with Gasteiger partial charge in [-0.05, 0) is 29.3 Å². The minimum Gasteiger partial charge on any atom is -0.493 e. The van der Waals surface area contributed by atoms with Crippen molar-refractivity contribution in [2.24, 2.45) is 0 Å². The van der Waals surface area contributed by atoms with E-state index in [-0.39, 0.29) is 12.3 Å². The molecule has 3 rings (SSSR count). The molecule has 1 N–H and O–H groups in total. The molecule has 3 aromatic carbocycles. The van der Waals surface area contributed by atoms with Gasteiger partial charge < -0.3 is 19.5 Å². The highest BCUT2D eigenvalue weighted by atomic mass is 16.5. The SMILES string of the molecule is COc1cc(CC(=O)Nc2ccccc2-c2ccccc2)cc(OC)c1OC. The van der Waals surface area contributed by atoms with E-state index in [4.69, 9.17) is 14.2 Å². The molecule has 0 unspecified atom stereocenters. The molecular weight excluding hydrogens is 354 g/mol. The summed E-state index contributed by atoms with van der Waals surface area (Å²) in [5.41, 5.74) is 3.56. The summed E-state index contributed by atoms with van der Waals surface area (Å²) in [5, 5.41) is 3.01. The van der Waals surface area contributed by atoms with E-state index in [0.717, 1.165) is 22.4 Å². The summed E-state index contributed by atoms with van der Waals surface area (Å²) in [5.74, 6) is 1.42. The standard InChI is InChI=1S/C23H23NO4/c1-26-20-13-16(14-21(27-2)23(20)28-3)15-22(25)24-19-12-8-7-11-18(19)17-9-5-4-6-10-17/h4-14H,15H2,1-3H3,(H,24,25). The molecule has 3 aromatic rings. The lowest BCUT2D eigenvalue weighted by atomic mass is 10.0. The van der Waals surface area contributed by atoms with Gasteiger partial charge in [-0.3, -0.25) is 4.79 Å². The number of methoxy groups -OCH3 is 3. The highest BCUT2D eigenvalue weighted by Gasteiger charge is 2.15.